The lowest BCUT2D eigenvalue weighted by Crippen LogP contribution is -2.22. The number of esters is 1. The van der Waals surface area contributed by atoms with Crippen LogP contribution in [0.1, 0.15) is 21.5 Å². The minimum absolute atomic E-state index is 0.160. The first-order valence-electron chi connectivity index (χ1n) is 8.73. The Hall–Kier alpha value is -3.61. The number of aromatic nitrogens is 2. The third-order valence-corrected chi connectivity index (χ3v) is 4.04. The summed E-state index contributed by atoms with van der Waals surface area (Å²) in [7, 11) is 1.32. The molecule has 0 bridgehead atoms. The van der Waals surface area contributed by atoms with Crippen LogP contribution in [0.4, 0.5) is 5.82 Å². The Morgan fingerprint density at radius 1 is 1.11 bits per heavy atom. The molecule has 3 aromatic rings. The molecule has 1 N–H and O–H groups in total. The summed E-state index contributed by atoms with van der Waals surface area (Å²) in [6.07, 6.45) is 1.64. The molecule has 1 aromatic heterocycles. The monoisotopic (exact) mass is 379 g/mol. The summed E-state index contributed by atoms with van der Waals surface area (Å²) in [5, 5.41) is 7.06. The highest BCUT2D eigenvalue weighted by Gasteiger charge is 2.10. The first-order valence-corrected chi connectivity index (χ1v) is 8.73. The van der Waals surface area contributed by atoms with Gasteiger partial charge in [0.1, 0.15) is 11.6 Å². The maximum absolute atomic E-state index is 12.2. The van der Waals surface area contributed by atoms with Crippen molar-refractivity contribution in [2.45, 2.75) is 13.5 Å². The molecule has 0 aliphatic heterocycles. The molecule has 0 aliphatic rings. The van der Waals surface area contributed by atoms with Crippen LogP contribution in [0.5, 0.6) is 5.75 Å². The number of nitrogens with one attached hydrogen (secondary N) is 1. The second-order valence-electron chi connectivity index (χ2n) is 6.22. The molecule has 28 heavy (non-hydrogen) atoms. The van der Waals surface area contributed by atoms with Crippen LogP contribution in [0, 0.1) is 6.92 Å². The second kappa shape index (κ2) is 8.85. The van der Waals surface area contributed by atoms with Gasteiger partial charge in [0, 0.05) is 6.07 Å². The lowest BCUT2D eigenvalue weighted by molar-refractivity contribution is -0.118. The summed E-state index contributed by atoms with van der Waals surface area (Å²) in [5.41, 5.74) is 2.68. The number of carbonyl (C=O) groups is 2. The SMILES string of the molecule is COC(=O)c1ccc(OCC(=O)Nc2ccnn2Cc2cccc(C)c2)cc1. The molecular weight excluding hydrogens is 358 g/mol. The van der Waals surface area contributed by atoms with Gasteiger partial charge < -0.3 is 14.8 Å². The average molecular weight is 379 g/mol. The second-order valence-corrected chi connectivity index (χ2v) is 6.22. The van der Waals surface area contributed by atoms with E-state index in [1.165, 1.54) is 12.7 Å². The number of ether oxygens (including phenoxy) is 2. The van der Waals surface area contributed by atoms with E-state index in [0.717, 1.165) is 5.56 Å². The largest absolute Gasteiger partial charge is 0.484 e. The van der Waals surface area contributed by atoms with Gasteiger partial charge >= 0.3 is 5.97 Å². The molecule has 2 aromatic carbocycles. The van der Waals surface area contributed by atoms with Gasteiger partial charge in [-0.2, -0.15) is 5.10 Å². The fraction of sp³-hybridized carbons (Fsp3) is 0.190. The maximum atomic E-state index is 12.2. The van der Waals surface area contributed by atoms with Crippen molar-refractivity contribution in [2.75, 3.05) is 19.0 Å². The van der Waals surface area contributed by atoms with Crippen molar-refractivity contribution in [1.29, 1.82) is 0 Å². The van der Waals surface area contributed by atoms with Crippen molar-refractivity contribution >= 4 is 17.7 Å². The van der Waals surface area contributed by atoms with E-state index >= 15 is 0 Å². The Labute approximate surface area is 162 Å². The number of benzene rings is 2. The van der Waals surface area contributed by atoms with E-state index in [1.54, 1.807) is 41.2 Å². The summed E-state index contributed by atoms with van der Waals surface area (Å²) in [6, 6.07) is 16.2. The Kier molecular flexibility index (Phi) is 6.06. The van der Waals surface area contributed by atoms with E-state index in [1.807, 2.05) is 25.1 Å². The van der Waals surface area contributed by atoms with Crippen molar-refractivity contribution in [1.82, 2.24) is 9.78 Å². The number of amides is 1. The van der Waals surface area contributed by atoms with E-state index in [4.69, 9.17) is 4.74 Å². The van der Waals surface area contributed by atoms with Gasteiger partial charge in [-0.25, -0.2) is 9.48 Å². The van der Waals surface area contributed by atoms with Crippen LogP contribution in [0.2, 0.25) is 0 Å². The molecule has 0 saturated heterocycles. The van der Waals surface area contributed by atoms with Crippen molar-refractivity contribution in [3.05, 3.63) is 77.5 Å². The van der Waals surface area contributed by atoms with Gasteiger partial charge in [0.2, 0.25) is 0 Å². The van der Waals surface area contributed by atoms with Gasteiger partial charge in [-0.15, -0.1) is 0 Å². The number of aryl methyl sites for hydroxylation is 1. The lowest BCUT2D eigenvalue weighted by atomic mass is 10.1. The van der Waals surface area contributed by atoms with Crippen LogP contribution >= 0.6 is 0 Å². The third-order valence-electron chi connectivity index (χ3n) is 4.04. The maximum Gasteiger partial charge on any atom is 0.337 e. The predicted molar refractivity (Wildman–Crippen MR) is 104 cm³/mol. The topological polar surface area (TPSA) is 82.4 Å². The van der Waals surface area contributed by atoms with Crippen molar-refractivity contribution in [3.63, 3.8) is 0 Å². The number of carbonyl (C=O) groups excluding carboxylic acids is 2. The molecule has 7 heteroatoms. The molecule has 0 saturated carbocycles. The number of hydrogen-bond donors (Lipinski definition) is 1. The minimum Gasteiger partial charge on any atom is -0.484 e. The fourth-order valence-corrected chi connectivity index (χ4v) is 2.68. The molecule has 1 amide bonds. The smallest absolute Gasteiger partial charge is 0.337 e. The summed E-state index contributed by atoms with van der Waals surface area (Å²) in [5.74, 6) is 0.349. The molecule has 3 rings (SSSR count). The zero-order chi connectivity index (χ0) is 19.9. The van der Waals surface area contributed by atoms with Crippen molar-refractivity contribution < 1.29 is 19.1 Å². The van der Waals surface area contributed by atoms with E-state index in [0.29, 0.717) is 23.7 Å². The highest BCUT2D eigenvalue weighted by Crippen LogP contribution is 2.14. The van der Waals surface area contributed by atoms with Crippen LogP contribution in [-0.4, -0.2) is 35.4 Å². The summed E-state index contributed by atoms with van der Waals surface area (Å²) in [6.45, 7) is 2.43. The van der Waals surface area contributed by atoms with Gasteiger partial charge in [-0.05, 0) is 36.8 Å². The highest BCUT2D eigenvalue weighted by molar-refractivity contribution is 5.91. The molecule has 0 spiro atoms. The van der Waals surface area contributed by atoms with E-state index in [9.17, 15) is 9.59 Å². The van der Waals surface area contributed by atoms with Gasteiger partial charge in [-0.3, -0.25) is 4.79 Å². The van der Waals surface area contributed by atoms with Crippen molar-refractivity contribution in [2.24, 2.45) is 0 Å². The molecule has 0 aliphatic carbocycles. The van der Waals surface area contributed by atoms with Crippen molar-refractivity contribution in [3.8, 4) is 5.75 Å². The zero-order valence-electron chi connectivity index (χ0n) is 15.7. The first kappa shape index (κ1) is 19.2. The minimum atomic E-state index is -0.425. The van der Waals surface area contributed by atoms with Gasteiger partial charge in [-0.1, -0.05) is 29.8 Å². The van der Waals surface area contributed by atoms with E-state index in [2.05, 4.69) is 21.2 Å². The molecule has 144 valence electrons. The van der Waals surface area contributed by atoms with Crippen LogP contribution in [-0.2, 0) is 16.1 Å². The average Bonchev–Trinajstić information content (AvgIpc) is 3.12. The number of rotatable bonds is 7. The van der Waals surface area contributed by atoms with E-state index < -0.39 is 5.97 Å². The zero-order valence-corrected chi connectivity index (χ0v) is 15.7. The number of anilines is 1. The molecule has 0 unspecified atom stereocenters. The first-order chi connectivity index (χ1) is 13.5. The third kappa shape index (κ3) is 4.97. The number of methoxy groups -OCH3 is 1. The Balaban J connectivity index is 1.55. The Morgan fingerprint density at radius 2 is 1.89 bits per heavy atom. The quantitative estimate of drug-likeness (QED) is 0.638. The summed E-state index contributed by atoms with van der Waals surface area (Å²) < 4.78 is 11.8. The lowest BCUT2D eigenvalue weighted by Gasteiger charge is -2.10. The van der Waals surface area contributed by atoms with Crippen LogP contribution in [0.15, 0.2) is 60.8 Å². The normalized spacial score (nSPS) is 10.4. The van der Waals surface area contributed by atoms with E-state index in [-0.39, 0.29) is 12.5 Å². The van der Waals surface area contributed by atoms with Crippen LogP contribution in [0.3, 0.4) is 0 Å². The fourth-order valence-electron chi connectivity index (χ4n) is 2.68. The van der Waals surface area contributed by atoms with Gasteiger partial charge in [0.15, 0.2) is 6.61 Å². The number of hydrogen-bond acceptors (Lipinski definition) is 5. The van der Waals surface area contributed by atoms with Crippen LogP contribution < -0.4 is 10.1 Å². The Morgan fingerprint density at radius 3 is 2.61 bits per heavy atom. The standard InChI is InChI=1S/C21H21N3O4/c1-15-4-3-5-16(12-15)13-24-19(10-11-22-24)23-20(25)14-28-18-8-6-17(7-9-18)21(26)27-2/h3-12H,13-14H2,1-2H3,(H,23,25). The predicted octanol–water partition coefficient (Wildman–Crippen LogP) is 3.04. The molecule has 0 fully saturated rings. The Bertz CT molecular complexity index is 964. The highest BCUT2D eigenvalue weighted by atomic mass is 16.5. The molecule has 7 nitrogen and oxygen atoms in total. The van der Waals surface area contributed by atoms with Gasteiger partial charge in [0.25, 0.3) is 5.91 Å². The van der Waals surface area contributed by atoms with Gasteiger partial charge in [0.05, 0.1) is 25.4 Å². The molecule has 0 radical (unpaired) electrons. The summed E-state index contributed by atoms with van der Waals surface area (Å²) >= 11 is 0. The molecule has 0 atom stereocenters. The molecule has 1 heterocycles. The summed E-state index contributed by atoms with van der Waals surface area (Å²) in [4.78, 5) is 23.6. The molecular formula is C21H21N3O4. The number of nitrogens with zero attached hydrogens (tertiary/aromatic N) is 2. The van der Waals surface area contributed by atoms with Crippen LogP contribution in [0.25, 0.3) is 0 Å².